The van der Waals surface area contributed by atoms with Gasteiger partial charge in [-0.05, 0) is 136 Å². The number of rotatable bonds is 3. The van der Waals surface area contributed by atoms with Crippen LogP contribution in [0.2, 0.25) is 0 Å². The lowest BCUT2D eigenvalue weighted by Gasteiger charge is -2.12. The summed E-state index contributed by atoms with van der Waals surface area (Å²) in [4.78, 5) is 0. The quantitative estimate of drug-likeness (QED) is 0.169. The maximum absolute atomic E-state index is 6.53. The molecule has 0 N–H and O–H groups in total. The average molecular weight is 737 g/mol. The molecule has 0 aliphatic carbocycles. The van der Waals surface area contributed by atoms with Crippen molar-refractivity contribution in [2.75, 3.05) is 0 Å². The molecule has 13 rings (SSSR count). The normalized spacial score (nSPS) is 12.1. The zero-order valence-electron chi connectivity index (χ0n) is 31.3. The second kappa shape index (κ2) is 11.9. The van der Waals surface area contributed by atoms with E-state index in [0.717, 1.165) is 55.0 Å². The lowest BCUT2D eigenvalue weighted by molar-refractivity contribution is 0.664. The van der Waals surface area contributed by atoms with Crippen molar-refractivity contribution in [1.29, 1.82) is 0 Å². The first-order valence-corrected chi connectivity index (χ1v) is 19.9. The summed E-state index contributed by atoms with van der Waals surface area (Å²) in [5.41, 5.74) is 10.6. The van der Waals surface area contributed by atoms with Gasteiger partial charge in [0.1, 0.15) is 22.3 Å². The SMILES string of the molecule is c1ccc2c(c1)cc(-c1ccc3oc4cc5c(cc4c3c1)oc1ccc(-c3ccc(-c4ccc6c7ccccc7c7ccccc7c6c4)cc3)cc15)c1ccccc12. The van der Waals surface area contributed by atoms with Crippen molar-refractivity contribution in [2.24, 2.45) is 0 Å². The summed E-state index contributed by atoms with van der Waals surface area (Å²) < 4.78 is 13.0. The molecule has 2 aromatic heterocycles. The third-order valence-electron chi connectivity index (χ3n) is 12.4. The first kappa shape index (κ1) is 31.5. The van der Waals surface area contributed by atoms with Gasteiger partial charge in [-0.25, -0.2) is 0 Å². The molecule has 0 atom stereocenters. The fourth-order valence-corrected chi connectivity index (χ4v) is 9.63. The van der Waals surface area contributed by atoms with Crippen LogP contribution in [0.15, 0.2) is 203 Å². The smallest absolute Gasteiger partial charge is 0.136 e. The minimum atomic E-state index is 0.857. The average Bonchev–Trinajstić information content (AvgIpc) is 3.84. The summed E-state index contributed by atoms with van der Waals surface area (Å²) in [6, 6.07) is 70.4. The molecule has 0 aliphatic heterocycles. The molecule has 0 unspecified atom stereocenters. The summed E-state index contributed by atoms with van der Waals surface area (Å²) in [6.45, 7) is 0. The molecular formula is C56H32O2. The molecule has 0 spiro atoms. The van der Waals surface area contributed by atoms with Crippen LogP contribution >= 0.6 is 0 Å². The van der Waals surface area contributed by atoms with Gasteiger partial charge in [0.25, 0.3) is 0 Å². The van der Waals surface area contributed by atoms with E-state index < -0.39 is 0 Å². The van der Waals surface area contributed by atoms with E-state index >= 15 is 0 Å². The highest BCUT2D eigenvalue weighted by Gasteiger charge is 2.17. The molecule has 0 aliphatic rings. The van der Waals surface area contributed by atoms with Crippen LogP contribution in [-0.2, 0) is 0 Å². The Kier molecular flexibility index (Phi) is 6.47. The van der Waals surface area contributed by atoms with Crippen LogP contribution in [0.5, 0.6) is 0 Å². The molecule has 58 heavy (non-hydrogen) atoms. The Labute approximate surface area is 332 Å². The van der Waals surface area contributed by atoms with E-state index in [-0.39, 0.29) is 0 Å². The van der Waals surface area contributed by atoms with E-state index in [1.807, 2.05) is 0 Å². The Balaban J connectivity index is 0.881. The van der Waals surface area contributed by atoms with E-state index in [9.17, 15) is 0 Å². The predicted octanol–water partition coefficient (Wildman–Crippen LogP) is 16.3. The molecule has 2 nitrogen and oxygen atoms in total. The number of benzene rings is 11. The lowest BCUT2D eigenvalue weighted by Crippen LogP contribution is -1.85. The third-order valence-corrected chi connectivity index (χ3v) is 12.4. The van der Waals surface area contributed by atoms with Gasteiger partial charge in [-0.1, -0.05) is 146 Å². The molecule has 0 fully saturated rings. The lowest BCUT2D eigenvalue weighted by atomic mass is 9.92. The molecule has 0 amide bonds. The largest absolute Gasteiger partial charge is 0.456 e. The third kappa shape index (κ3) is 4.60. The highest BCUT2D eigenvalue weighted by atomic mass is 16.3. The van der Waals surface area contributed by atoms with Gasteiger partial charge in [0.15, 0.2) is 0 Å². The summed E-state index contributed by atoms with van der Waals surface area (Å²) >= 11 is 0. The van der Waals surface area contributed by atoms with Crippen molar-refractivity contribution < 1.29 is 8.83 Å². The Morgan fingerprint density at radius 3 is 1.17 bits per heavy atom. The van der Waals surface area contributed by atoms with Crippen molar-refractivity contribution in [3.63, 3.8) is 0 Å². The molecule has 268 valence electrons. The number of hydrogen-bond donors (Lipinski definition) is 0. The van der Waals surface area contributed by atoms with Gasteiger partial charge in [0, 0.05) is 21.5 Å². The Bertz CT molecular complexity index is 3810. The summed E-state index contributed by atoms with van der Waals surface area (Å²) in [5, 5.41) is 17.0. The first-order valence-electron chi connectivity index (χ1n) is 19.9. The predicted molar refractivity (Wildman–Crippen MR) is 245 cm³/mol. The van der Waals surface area contributed by atoms with Gasteiger partial charge in [-0.2, -0.15) is 0 Å². The Morgan fingerprint density at radius 2 is 0.586 bits per heavy atom. The number of furan rings is 2. The minimum absolute atomic E-state index is 0.857. The summed E-state index contributed by atoms with van der Waals surface area (Å²) in [6.07, 6.45) is 0. The maximum atomic E-state index is 6.53. The van der Waals surface area contributed by atoms with E-state index in [1.165, 1.54) is 76.1 Å². The van der Waals surface area contributed by atoms with Crippen LogP contribution < -0.4 is 0 Å². The second-order valence-corrected chi connectivity index (χ2v) is 15.6. The maximum Gasteiger partial charge on any atom is 0.136 e. The molecule has 0 bridgehead atoms. The van der Waals surface area contributed by atoms with Crippen molar-refractivity contribution in [3.05, 3.63) is 194 Å². The van der Waals surface area contributed by atoms with Crippen molar-refractivity contribution >= 4 is 97.7 Å². The number of fused-ring (bicyclic) bond motifs is 15. The molecule has 2 heteroatoms. The van der Waals surface area contributed by atoms with Crippen LogP contribution in [-0.4, -0.2) is 0 Å². The molecular weight excluding hydrogens is 705 g/mol. The molecule has 0 saturated carbocycles. The van der Waals surface area contributed by atoms with Crippen molar-refractivity contribution in [2.45, 2.75) is 0 Å². The molecule has 0 saturated heterocycles. The molecule has 13 aromatic rings. The molecule has 11 aromatic carbocycles. The van der Waals surface area contributed by atoms with E-state index in [2.05, 4.69) is 194 Å². The van der Waals surface area contributed by atoms with Crippen LogP contribution in [0.1, 0.15) is 0 Å². The van der Waals surface area contributed by atoms with Crippen LogP contribution in [0.25, 0.3) is 131 Å². The van der Waals surface area contributed by atoms with E-state index in [0.29, 0.717) is 0 Å². The van der Waals surface area contributed by atoms with Gasteiger partial charge >= 0.3 is 0 Å². The second-order valence-electron chi connectivity index (χ2n) is 15.6. The monoisotopic (exact) mass is 736 g/mol. The van der Waals surface area contributed by atoms with Crippen molar-refractivity contribution in [1.82, 2.24) is 0 Å². The Hall–Kier alpha value is -7.68. The van der Waals surface area contributed by atoms with Gasteiger partial charge in [0.05, 0.1) is 0 Å². The molecule has 2 heterocycles. The first-order chi connectivity index (χ1) is 28.7. The standard InChI is InChI=1S/C56H32O2/c1-2-10-39-37(9-1)29-47(44-15-7-3-11-40(39)44)38-23-26-54-50(30-38)52-32-55-51(31-56(52)58-54)49-28-36(22-25-53(49)57-55)34-19-17-33(18-20-34)35-21-24-46-43-14-5-4-12-41(43)42-13-6-8-16-45(42)48(46)27-35/h1-32H. The van der Waals surface area contributed by atoms with E-state index in [1.54, 1.807) is 0 Å². The van der Waals surface area contributed by atoms with Crippen molar-refractivity contribution in [3.8, 4) is 33.4 Å². The fourth-order valence-electron chi connectivity index (χ4n) is 9.63. The van der Waals surface area contributed by atoms with E-state index in [4.69, 9.17) is 8.83 Å². The zero-order valence-corrected chi connectivity index (χ0v) is 31.3. The van der Waals surface area contributed by atoms with Gasteiger partial charge in [0.2, 0.25) is 0 Å². The van der Waals surface area contributed by atoms with Crippen LogP contribution in [0, 0.1) is 0 Å². The van der Waals surface area contributed by atoms with Crippen LogP contribution in [0.3, 0.4) is 0 Å². The molecule has 0 radical (unpaired) electrons. The minimum Gasteiger partial charge on any atom is -0.456 e. The van der Waals surface area contributed by atoms with Gasteiger partial charge < -0.3 is 8.83 Å². The number of hydrogen-bond acceptors (Lipinski definition) is 2. The zero-order chi connectivity index (χ0) is 37.9. The highest BCUT2D eigenvalue weighted by molar-refractivity contribution is 6.26. The Morgan fingerprint density at radius 1 is 0.207 bits per heavy atom. The van der Waals surface area contributed by atoms with Gasteiger partial charge in [-0.3, -0.25) is 0 Å². The fraction of sp³-hybridized carbons (Fsp3) is 0. The topological polar surface area (TPSA) is 26.3 Å². The summed E-state index contributed by atoms with van der Waals surface area (Å²) in [5.74, 6) is 0. The van der Waals surface area contributed by atoms with Gasteiger partial charge in [-0.15, -0.1) is 0 Å². The highest BCUT2D eigenvalue weighted by Crippen LogP contribution is 2.42. The summed E-state index contributed by atoms with van der Waals surface area (Å²) in [7, 11) is 0. The van der Waals surface area contributed by atoms with Crippen LogP contribution in [0.4, 0.5) is 0 Å².